The number of nitrogens with zero attached hydrogens (tertiary/aromatic N) is 1. The Kier molecular flexibility index (Phi) is 3.62. The number of para-hydroxylation sites is 1. The van der Waals surface area contributed by atoms with Crippen LogP contribution in [0.15, 0.2) is 30.5 Å². The molecule has 0 aliphatic rings. The molecule has 0 radical (unpaired) electrons. The summed E-state index contributed by atoms with van der Waals surface area (Å²) in [5, 5.41) is 10.4. The molecule has 4 heteroatoms. The molecule has 0 bridgehead atoms. The molecule has 2 rings (SSSR count). The molecule has 0 spiro atoms. The fourth-order valence-electron chi connectivity index (χ4n) is 2.35. The smallest absolute Gasteiger partial charge is 0.313 e. The highest BCUT2D eigenvalue weighted by molar-refractivity contribution is 5.84. The molecule has 0 amide bonds. The second-order valence-electron chi connectivity index (χ2n) is 5.33. The van der Waals surface area contributed by atoms with Crippen molar-refractivity contribution in [1.82, 2.24) is 4.57 Å². The van der Waals surface area contributed by atoms with Gasteiger partial charge < -0.3 is 14.4 Å². The molecule has 4 nitrogen and oxygen atoms in total. The summed E-state index contributed by atoms with van der Waals surface area (Å²) in [5.74, 6) is -0.240. The first-order chi connectivity index (χ1) is 8.99. The predicted molar refractivity (Wildman–Crippen MR) is 73.7 cm³/mol. The van der Waals surface area contributed by atoms with E-state index in [4.69, 9.17) is 4.74 Å². The lowest BCUT2D eigenvalue weighted by Crippen LogP contribution is -2.30. The van der Waals surface area contributed by atoms with Gasteiger partial charge in [-0.05, 0) is 19.9 Å². The molecule has 2 aromatic rings. The molecule has 0 aliphatic heterocycles. The summed E-state index contributed by atoms with van der Waals surface area (Å²) >= 11 is 0. The molecular formula is C15H19NO3. The molecule has 1 N–H and O–H groups in total. The van der Waals surface area contributed by atoms with Gasteiger partial charge in [0.25, 0.3) is 0 Å². The Morgan fingerprint density at radius 2 is 2.05 bits per heavy atom. The van der Waals surface area contributed by atoms with E-state index in [2.05, 4.69) is 0 Å². The van der Waals surface area contributed by atoms with E-state index in [-0.39, 0.29) is 12.6 Å². The van der Waals surface area contributed by atoms with Crippen molar-refractivity contribution in [1.29, 1.82) is 0 Å². The third-order valence-corrected chi connectivity index (χ3v) is 3.35. The maximum absolute atomic E-state index is 11.8. The second-order valence-corrected chi connectivity index (χ2v) is 5.33. The van der Waals surface area contributed by atoms with Crippen molar-refractivity contribution in [2.45, 2.75) is 27.0 Å². The van der Waals surface area contributed by atoms with Crippen LogP contribution in [-0.2, 0) is 22.7 Å². The minimum atomic E-state index is -0.608. The number of esters is 1. The largest absolute Gasteiger partial charge is 0.469 e. The first-order valence-electron chi connectivity index (χ1n) is 6.25. The van der Waals surface area contributed by atoms with Gasteiger partial charge in [0.2, 0.25) is 0 Å². The Bertz CT molecular complexity index is 598. The van der Waals surface area contributed by atoms with E-state index in [9.17, 15) is 9.90 Å². The van der Waals surface area contributed by atoms with Gasteiger partial charge in [-0.3, -0.25) is 4.79 Å². The molecule has 0 saturated heterocycles. The van der Waals surface area contributed by atoms with Crippen LogP contribution in [0.4, 0.5) is 0 Å². The summed E-state index contributed by atoms with van der Waals surface area (Å²) in [5.41, 5.74) is 1.28. The highest BCUT2D eigenvalue weighted by Crippen LogP contribution is 2.26. The van der Waals surface area contributed by atoms with E-state index in [1.165, 1.54) is 7.11 Å². The lowest BCUT2D eigenvalue weighted by molar-refractivity contribution is -0.151. The Hall–Kier alpha value is -1.81. The summed E-state index contributed by atoms with van der Waals surface area (Å²) in [4.78, 5) is 11.8. The van der Waals surface area contributed by atoms with Crippen molar-refractivity contribution in [3.63, 3.8) is 0 Å². The zero-order valence-electron chi connectivity index (χ0n) is 11.5. The molecule has 0 unspecified atom stereocenters. The number of hydrogen-bond donors (Lipinski definition) is 1. The van der Waals surface area contributed by atoms with Crippen molar-refractivity contribution < 1.29 is 14.6 Å². The van der Waals surface area contributed by atoms with E-state index in [0.29, 0.717) is 6.54 Å². The lowest BCUT2D eigenvalue weighted by Gasteiger charge is -2.22. The van der Waals surface area contributed by atoms with Gasteiger partial charge in [-0.1, -0.05) is 18.2 Å². The normalized spacial score (nSPS) is 11.8. The highest BCUT2D eigenvalue weighted by Gasteiger charge is 2.29. The second kappa shape index (κ2) is 5.05. The van der Waals surface area contributed by atoms with Crippen LogP contribution in [0.2, 0.25) is 0 Å². The summed E-state index contributed by atoms with van der Waals surface area (Å²) in [6.45, 7) is 4.21. The predicted octanol–water partition coefficient (Wildman–Crippen LogP) is 2.33. The van der Waals surface area contributed by atoms with Gasteiger partial charge in [0.1, 0.15) is 0 Å². The van der Waals surface area contributed by atoms with E-state index in [0.717, 1.165) is 16.5 Å². The number of hydrogen-bond acceptors (Lipinski definition) is 3. The van der Waals surface area contributed by atoms with E-state index >= 15 is 0 Å². The van der Waals surface area contributed by atoms with Crippen LogP contribution in [0.1, 0.15) is 19.4 Å². The van der Waals surface area contributed by atoms with Crippen molar-refractivity contribution in [2.75, 3.05) is 7.11 Å². The molecule has 0 aliphatic carbocycles. The number of methoxy groups -OCH3 is 1. The number of rotatable bonds is 4. The van der Waals surface area contributed by atoms with Gasteiger partial charge in [-0.25, -0.2) is 0 Å². The number of ether oxygens (including phenoxy) is 1. The SMILES string of the molecule is COC(=O)C(C)(C)Cn1cc(CO)c2ccccc21. The zero-order chi connectivity index (χ0) is 14.0. The zero-order valence-corrected chi connectivity index (χ0v) is 11.5. The van der Waals surface area contributed by atoms with E-state index in [1.807, 2.05) is 48.9 Å². The Morgan fingerprint density at radius 3 is 2.68 bits per heavy atom. The van der Waals surface area contributed by atoms with Crippen molar-refractivity contribution >= 4 is 16.9 Å². The average Bonchev–Trinajstić information content (AvgIpc) is 2.75. The Balaban J connectivity index is 2.44. The third-order valence-electron chi connectivity index (χ3n) is 3.35. The third kappa shape index (κ3) is 2.49. The molecule has 1 aromatic carbocycles. The summed E-state index contributed by atoms with van der Waals surface area (Å²) in [7, 11) is 1.40. The summed E-state index contributed by atoms with van der Waals surface area (Å²) in [6, 6.07) is 7.85. The summed E-state index contributed by atoms with van der Waals surface area (Å²) in [6.07, 6.45) is 1.90. The highest BCUT2D eigenvalue weighted by atomic mass is 16.5. The first-order valence-corrected chi connectivity index (χ1v) is 6.25. The van der Waals surface area contributed by atoms with Crippen LogP contribution >= 0.6 is 0 Å². The number of benzene rings is 1. The standard InChI is InChI=1S/C15H19NO3/c1-15(2,14(18)19-3)10-16-8-11(9-17)12-6-4-5-7-13(12)16/h4-8,17H,9-10H2,1-3H3. The average molecular weight is 261 g/mol. The molecule has 0 saturated carbocycles. The molecule has 0 fully saturated rings. The minimum Gasteiger partial charge on any atom is -0.469 e. The number of carbonyl (C=O) groups is 1. The van der Waals surface area contributed by atoms with Gasteiger partial charge in [-0.15, -0.1) is 0 Å². The Morgan fingerprint density at radius 1 is 1.37 bits per heavy atom. The van der Waals surface area contributed by atoms with E-state index < -0.39 is 5.41 Å². The molecule has 19 heavy (non-hydrogen) atoms. The van der Waals surface area contributed by atoms with Crippen LogP contribution in [0.3, 0.4) is 0 Å². The first kappa shape index (κ1) is 13.6. The maximum Gasteiger partial charge on any atom is 0.313 e. The summed E-state index contributed by atoms with van der Waals surface area (Å²) < 4.78 is 6.83. The molecule has 102 valence electrons. The van der Waals surface area contributed by atoms with Gasteiger partial charge in [0.15, 0.2) is 0 Å². The number of aromatic nitrogens is 1. The van der Waals surface area contributed by atoms with Crippen LogP contribution < -0.4 is 0 Å². The fraction of sp³-hybridized carbons (Fsp3) is 0.400. The van der Waals surface area contributed by atoms with Gasteiger partial charge >= 0.3 is 5.97 Å². The lowest BCUT2D eigenvalue weighted by atomic mass is 9.93. The maximum atomic E-state index is 11.8. The van der Waals surface area contributed by atoms with Crippen molar-refractivity contribution in [2.24, 2.45) is 5.41 Å². The molecule has 1 heterocycles. The number of aliphatic hydroxyl groups is 1. The quantitative estimate of drug-likeness (QED) is 0.859. The topological polar surface area (TPSA) is 51.5 Å². The van der Waals surface area contributed by atoms with Crippen LogP contribution in [0.25, 0.3) is 10.9 Å². The monoisotopic (exact) mass is 261 g/mol. The van der Waals surface area contributed by atoms with Crippen LogP contribution in [0.5, 0.6) is 0 Å². The van der Waals surface area contributed by atoms with Crippen molar-refractivity contribution in [3.05, 3.63) is 36.0 Å². The van der Waals surface area contributed by atoms with E-state index in [1.54, 1.807) is 0 Å². The minimum absolute atomic E-state index is 0.00777. The van der Waals surface area contributed by atoms with Gasteiger partial charge in [-0.2, -0.15) is 0 Å². The molecule has 1 aromatic heterocycles. The Labute approximate surface area is 112 Å². The number of carbonyl (C=O) groups excluding carboxylic acids is 1. The van der Waals surface area contributed by atoms with Gasteiger partial charge in [0, 0.05) is 29.2 Å². The molecular weight excluding hydrogens is 242 g/mol. The number of fused-ring (bicyclic) bond motifs is 1. The van der Waals surface area contributed by atoms with Crippen LogP contribution in [-0.4, -0.2) is 22.8 Å². The number of aliphatic hydroxyl groups excluding tert-OH is 1. The fourth-order valence-corrected chi connectivity index (χ4v) is 2.35. The van der Waals surface area contributed by atoms with Crippen LogP contribution in [0, 0.1) is 5.41 Å². The van der Waals surface area contributed by atoms with Crippen molar-refractivity contribution in [3.8, 4) is 0 Å². The molecule has 0 atom stereocenters. The van der Waals surface area contributed by atoms with Gasteiger partial charge in [0.05, 0.1) is 19.1 Å².